The minimum atomic E-state index is -0.262. The van der Waals surface area contributed by atoms with Gasteiger partial charge < -0.3 is 5.32 Å². The Morgan fingerprint density at radius 3 is 2.89 bits per heavy atom. The lowest BCUT2D eigenvalue weighted by Crippen LogP contribution is -2.30. The highest BCUT2D eigenvalue weighted by molar-refractivity contribution is 6.30. The van der Waals surface area contributed by atoms with Gasteiger partial charge in [-0.05, 0) is 37.8 Å². The van der Waals surface area contributed by atoms with Crippen LogP contribution in [-0.2, 0) is 0 Å². The van der Waals surface area contributed by atoms with Crippen molar-refractivity contribution in [1.29, 1.82) is 0 Å². The molecule has 1 N–H and O–H groups in total. The molecular weight excluding hydrogens is 261 g/mol. The second-order valence-corrected chi connectivity index (χ2v) is 6.02. The van der Waals surface area contributed by atoms with E-state index in [2.05, 4.69) is 12.2 Å². The van der Waals surface area contributed by atoms with E-state index >= 15 is 0 Å². The molecule has 3 unspecified atom stereocenters. The van der Waals surface area contributed by atoms with E-state index in [1.165, 1.54) is 32.1 Å². The number of hydrogen-bond donors (Lipinski definition) is 1. The summed E-state index contributed by atoms with van der Waals surface area (Å²) in [6.45, 7) is 2.25. The van der Waals surface area contributed by atoms with Crippen molar-refractivity contribution in [2.24, 2.45) is 11.8 Å². The van der Waals surface area contributed by atoms with Gasteiger partial charge in [0.1, 0.15) is 5.82 Å². The maximum atomic E-state index is 14.2. The third-order valence-electron chi connectivity index (χ3n) is 4.50. The molecule has 0 aliphatic heterocycles. The normalized spacial score (nSPS) is 25.3. The zero-order chi connectivity index (χ0) is 13.8. The molecule has 3 heteroatoms. The van der Waals surface area contributed by atoms with Crippen LogP contribution in [0.25, 0.3) is 0 Å². The van der Waals surface area contributed by atoms with E-state index in [1.54, 1.807) is 6.07 Å². The van der Waals surface area contributed by atoms with Crippen LogP contribution in [0.15, 0.2) is 18.2 Å². The predicted molar refractivity (Wildman–Crippen MR) is 78.9 cm³/mol. The third-order valence-corrected chi connectivity index (χ3v) is 4.79. The first-order valence-electron chi connectivity index (χ1n) is 7.28. The Morgan fingerprint density at radius 1 is 1.42 bits per heavy atom. The van der Waals surface area contributed by atoms with Crippen molar-refractivity contribution in [1.82, 2.24) is 5.32 Å². The molecule has 1 aliphatic carbocycles. The molecule has 1 fully saturated rings. The first-order chi connectivity index (χ1) is 9.17. The molecular formula is C16H23ClFN. The zero-order valence-electron chi connectivity index (χ0n) is 11.8. The molecule has 1 aliphatic rings. The Morgan fingerprint density at radius 2 is 2.21 bits per heavy atom. The number of nitrogens with one attached hydrogen (secondary N) is 1. The van der Waals surface area contributed by atoms with Crippen molar-refractivity contribution < 1.29 is 4.39 Å². The molecule has 3 atom stereocenters. The lowest BCUT2D eigenvalue weighted by molar-refractivity contribution is 0.212. The largest absolute Gasteiger partial charge is 0.313 e. The lowest BCUT2D eigenvalue weighted by Gasteiger charge is -2.34. The molecule has 0 spiro atoms. The van der Waals surface area contributed by atoms with Gasteiger partial charge in [-0.25, -0.2) is 4.39 Å². The second-order valence-electron chi connectivity index (χ2n) is 5.61. The van der Waals surface area contributed by atoms with E-state index in [1.807, 2.05) is 19.2 Å². The average Bonchev–Trinajstić information content (AvgIpc) is 2.44. The van der Waals surface area contributed by atoms with Crippen molar-refractivity contribution in [2.45, 2.75) is 45.1 Å². The third kappa shape index (κ3) is 3.29. The summed E-state index contributed by atoms with van der Waals surface area (Å²) < 4.78 is 14.2. The van der Waals surface area contributed by atoms with Crippen LogP contribution < -0.4 is 5.32 Å². The van der Waals surface area contributed by atoms with Crippen LogP contribution in [-0.4, -0.2) is 7.05 Å². The fourth-order valence-electron chi connectivity index (χ4n) is 3.41. The Labute approximate surface area is 120 Å². The lowest BCUT2D eigenvalue weighted by atomic mass is 9.75. The highest BCUT2D eigenvalue weighted by Crippen LogP contribution is 2.39. The highest BCUT2D eigenvalue weighted by Gasteiger charge is 2.29. The van der Waals surface area contributed by atoms with Gasteiger partial charge in [-0.3, -0.25) is 0 Å². The van der Waals surface area contributed by atoms with E-state index < -0.39 is 0 Å². The quantitative estimate of drug-likeness (QED) is 0.824. The van der Waals surface area contributed by atoms with Gasteiger partial charge in [0.15, 0.2) is 0 Å². The molecule has 0 heterocycles. The summed E-state index contributed by atoms with van der Waals surface area (Å²) >= 11 is 5.91. The fraction of sp³-hybridized carbons (Fsp3) is 0.625. The average molecular weight is 284 g/mol. The maximum Gasteiger partial charge on any atom is 0.146 e. The summed E-state index contributed by atoms with van der Waals surface area (Å²) in [5.74, 6) is 1.04. The van der Waals surface area contributed by atoms with Crippen LogP contribution in [0.3, 0.4) is 0 Å². The van der Waals surface area contributed by atoms with Crippen molar-refractivity contribution >= 4 is 11.6 Å². The van der Waals surface area contributed by atoms with Gasteiger partial charge in [-0.2, -0.15) is 0 Å². The van der Waals surface area contributed by atoms with E-state index in [-0.39, 0.29) is 16.9 Å². The van der Waals surface area contributed by atoms with Crippen LogP contribution in [0.4, 0.5) is 4.39 Å². The number of hydrogen-bond acceptors (Lipinski definition) is 1. The number of halogens is 2. The molecule has 106 valence electrons. The molecule has 0 aromatic heterocycles. The van der Waals surface area contributed by atoms with E-state index in [9.17, 15) is 4.39 Å². The molecule has 1 saturated carbocycles. The monoisotopic (exact) mass is 283 g/mol. The van der Waals surface area contributed by atoms with Crippen molar-refractivity contribution in [3.8, 4) is 0 Å². The van der Waals surface area contributed by atoms with Crippen molar-refractivity contribution in [3.05, 3.63) is 34.6 Å². The molecule has 0 radical (unpaired) electrons. The minimum absolute atomic E-state index is 0.0769. The van der Waals surface area contributed by atoms with Gasteiger partial charge >= 0.3 is 0 Å². The van der Waals surface area contributed by atoms with Gasteiger partial charge in [0, 0.05) is 11.6 Å². The topological polar surface area (TPSA) is 12.0 Å². The Bertz CT molecular complexity index is 421. The Kier molecular flexibility index (Phi) is 5.23. The summed E-state index contributed by atoms with van der Waals surface area (Å²) in [5.41, 5.74) is 0.719. The van der Waals surface area contributed by atoms with Crippen LogP contribution in [0.2, 0.25) is 5.02 Å². The SMILES string of the molecule is CCC1CCCC(C(NC)c2cccc(Cl)c2F)C1. The molecule has 0 amide bonds. The Balaban J connectivity index is 2.21. The summed E-state index contributed by atoms with van der Waals surface area (Å²) in [6.07, 6.45) is 6.16. The van der Waals surface area contributed by atoms with Crippen LogP contribution in [0.5, 0.6) is 0 Å². The zero-order valence-corrected chi connectivity index (χ0v) is 12.5. The highest BCUT2D eigenvalue weighted by atomic mass is 35.5. The molecule has 0 bridgehead atoms. The van der Waals surface area contributed by atoms with Crippen LogP contribution in [0, 0.1) is 17.7 Å². The molecule has 1 nitrogen and oxygen atoms in total. The number of benzene rings is 1. The standard InChI is InChI=1S/C16H23ClFN/c1-3-11-6-4-7-12(10-11)16(19-2)13-8-5-9-14(17)15(13)18/h5,8-9,11-12,16,19H,3-4,6-7,10H2,1-2H3. The fourth-order valence-corrected chi connectivity index (χ4v) is 3.59. The molecule has 0 saturated heterocycles. The number of rotatable bonds is 4. The molecule has 19 heavy (non-hydrogen) atoms. The van der Waals surface area contributed by atoms with E-state index in [0.29, 0.717) is 5.92 Å². The van der Waals surface area contributed by atoms with Gasteiger partial charge in [-0.15, -0.1) is 0 Å². The molecule has 1 aromatic rings. The first kappa shape index (κ1) is 14.8. The van der Waals surface area contributed by atoms with Crippen LogP contribution in [0.1, 0.15) is 50.6 Å². The second kappa shape index (κ2) is 6.71. The molecule has 1 aromatic carbocycles. The predicted octanol–water partition coefficient (Wildman–Crippen LogP) is 4.96. The molecule has 2 rings (SSSR count). The van der Waals surface area contributed by atoms with Gasteiger partial charge in [0.05, 0.1) is 5.02 Å². The van der Waals surface area contributed by atoms with E-state index in [4.69, 9.17) is 11.6 Å². The first-order valence-corrected chi connectivity index (χ1v) is 7.66. The smallest absolute Gasteiger partial charge is 0.146 e. The van der Waals surface area contributed by atoms with Crippen molar-refractivity contribution in [3.63, 3.8) is 0 Å². The van der Waals surface area contributed by atoms with Crippen molar-refractivity contribution in [2.75, 3.05) is 7.05 Å². The van der Waals surface area contributed by atoms with Gasteiger partial charge in [0.2, 0.25) is 0 Å². The van der Waals surface area contributed by atoms with Gasteiger partial charge in [0.25, 0.3) is 0 Å². The van der Waals surface area contributed by atoms with Crippen LogP contribution >= 0.6 is 11.6 Å². The summed E-state index contributed by atoms with van der Waals surface area (Å²) in [4.78, 5) is 0. The Hall–Kier alpha value is -0.600. The minimum Gasteiger partial charge on any atom is -0.313 e. The maximum absolute atomic E-state index is 14.2. The summed E-state index contributed by atoms with van der Waals surface area (Å²) in [5, 5.41) is 3.52. The summed E-state index contributed by atoms with van der Waals surface area (Å²) in [6, 6.07) is 5.39. The van der Waals surface area contributed by atoms with E-state index in [0.717, 1.165) is 11.5 Å². The summed E-state index contributed by atoms with van der Waals surface area (Å²) in [7, 11) is 1.92. The van der Waals surface area contributed by atoms with Gasteiger partial charge in [-0.1, -0.05) is 49.9 Å².